The van der Waals surface area contributed by atoms with E-state index in [1.165, 1.54) is 110 Å². The van der Waals surface area contributed by atoms with Crippen LogP contribution in [0.3, 0.4) is 0 Å². The monoisotopic (exact) mass is 950 g/mol. The van der Waals surface area contributed by atoms with E-state index in [-0.39, 0.29) is 10.8 Å². The Balaban J connectivity index is 1.02. The molecule has 0 radical (unpaired) electrons. The van der Waals surface area contributed by atoms with Crippen LogP contribution in [0.5, 0.6) is 0 Å². The fourth-order valence-corrected chi connectivity index (χ4v) is 11.6. The van der Waals surface area contributed by atoms with Gasteiger partial charge in [0.05, 0.1) is 28.1 Å². The van der Waals surface area contributed by atoms with Gasteiger partial charge < -0.3 is 9.47 Å². The van der Waals surface area contributed by atoms with Gasteiger partial charge in [0.2, 0.25) is 0 Å². The number of anilines is 3. The molecule has 0 saturated carbocycles. The third kappa shape index (κ3) is 7.64. The third-order valence-corrected chi connectivity index (χ3v) is 15.5. The quantitative estimate of drug-likeness (QED) is 0.138. The maximum absolute atomic E-state index is 2.53. The fourth-order valence-electron chi connectivity index (χ4n) is 11.6. The Labute approximate surface area is 434 Å². The smallest absolute Gasteiger partial charge is 0.0541 e. The van der Waals surface area contributed by atoms with Gasteiger partial charge in [0.1, 0.15) is 0 Å². The lowest BCUT2D eigenvalue weighted by Crippen LogP contribution is -2.12. The lowest BCUT2D eigenvalue weighted by Gasteiger charge is -2.30. The maximum Gasteiger partial charge on any atom is 0.0541 e. The maximum atomic E-state index is 2.53. The summed E-state index contributed by atoms with van der Waals surface area (Å²) in [4.78, 5) is 2.50. The number of aromatic nitrogens is 1. The Bertz CT molecular complexity index is 4150. The molecule has 1 aromatic heterocycles. The highest BCUT2D eigenvalue weighted by Crippen LogP contribution is 2.49. The summed E-state index contributed by atoms with van der Waals surface area (Å²) >= 11 is 0. The second kappa shape index (κ2) is 17.5. The van der Waals surface area contributed by atoms with Crippen LogP contribution < -0.4 is 4.90 Å². The molecule has 0 saturated heterocycles. The molecule has 356 valence electrons. The number of fused-ring (bicyclic) bond motifs is 3. The van der Waals surface area contributed by atoms with Gasteiger partial charge in [-0.25, -0.2) is 0 Å². The summed E-state index contributed by atoms with van der Waals surface area (Å²) in [5.41, 5.74) is 19.2. The minimum atomic E-state index is 0.0196. The number of hydrogen-bond acceptors (Lipinski definition) is 1. The highest BCUT2D eigenvalue weighted by molar-refractivity contribution is 6.27. The zero-order valence-electron chi connectivity index (χ0n) is 43.0. The van der Waals surface area contributed by atoms with Gasteiger partial charge in [0.25, 0.3) is 0 Å². The zero-order valence-corrected chi connectivity index (χ0v) is 43.0. The van der Waals surface area contributed by atoms with Gasteiger partial charge in [0.15, 0.2) is 0 Å². The lowest BCUT2D eigenvalue weighted by molar-refractivity contribution is 0.590. The fraction of sp³-hybridized carbons (Fsp3) is 0.111. The summed E-state index contributed by atoms with van der Waals surface area (Å²) < 4.78 is 2.53. The van der Waals surface area contributed by atoms with Crippen molar-refractivity contribution >= 4 is 71.2 Å². The number of benzene rings is 12. The Kier molecular flexibility index (Phi) is 10.7. The van der Waals surface area contributed by atoms with Gasteiger partial charge in [0, 0.05) is 32.8 Å². The van der Waals surface area contributed by atoms with E-state index in [1.54, 1.807) is 0 Å². The van der Waals surface area contributed by atoms with Crippen molar-refractivity contribution in [2.24, 2.45) is 0 Å². The number of rotatable bonds is 8. The first-order valence-electron chi connectivity index (χ1n) is 26.1. The second-order valence-electron chi connectivity index (χ2n) is 22.1. The van der Waals surface area contributed by atoms with Gasteiger partial charge in [-0.3, -0.25) is 0 Å². The molecule has 13 rings (SSSR count). The molecular weight excluding hydrogens is 893 g/mol. The summed E-state index contributed by atoms with van der Waals surface area (Å²) in [5, 5.41) is 10.0. The van der Waals surface area contributed by atoms with Crippen molar-refractivity contribution in [1.82, 2.24) is 4.57 Å². The van der Waals surface area contributed by atoms with Crippen LogP contribution in [0.25, 0.3) is 104 Å². The molecule has 1 heterocycles. The van der Waals surface area contributed by atoms with E-state index >= 15 is 0 Å². The molecule has 0 bridgehead atoms. The Morgan fingerprint density at radius 3 is 1.34 bits per heavy atom. The summed E-state index contributed by atoms with van der Waals surface area (Å²) in [6, 6.07) is 90.3. The van der Waals surface area contributed by atoms with Crippen LogP contribution in [-0.4, -0.2) is 4.57 Å². The molecule has 0 atom stereocenters. The highest BCUT2D eigenvalue weighted by atomic mass is 15.1. The molecule has 13 aromatic rings. The van der Waals surface area contributed by atoms with Crippen LogP contribution in [0, 0.1) is 0 Å². The minimum absolute atomic E-state index is 0.0196. The van der Waals surface area contributed by atoms with Gasteiger partial charge in [-0.05, 0) is 137 Å². The Morgan fingerprint density at radius 2 is 0.757 bits per heavy atom. The molecule has 0 fully saturated rings. The SMILES string of the molecule is CC(C)(C)c1ccc2c(c1)c1cc(C(C)(C)C)ccc1n2-c1ccc2ccc3c(N(c4ccc(-c5ccc(-c6ccccc6)cc5)cc4)c4ccccc4-c4ccccc4-c4ccccc4)ccc4ccc1c2c43. The zero-order chi connectivity index (χ0) is 50.3. The van der Waals surface area contributed by atoms with Crippen molar-refractivity contribution < 1.29 is 0 Å². The molecule has 0 unspecified atom stereocenters. The van der Waals surface area contributed by atoms with E-state index in [9.17, 15) is 0 Å². The van der Waals surface area contributed by atoms with Crippen molar-refractivity contribution in [3.05, 3.63) is 254 Å². The first-order valence-corrected chi connectivity index (χ1v) is 26.1. The van der Waals surface area contributed by atoms with Crippen molar-refractivity contribution in [2.75, 3.05) is 4.90 Å². The summed E-state index contributed by atoms with van der Waals surface area (Å²) in [6.07, 6.45) is 0. The van der Waals surface area contributed by atoms with Crippen LogP contribution in [0.1, 0.15) is 52.7 Å². The summed E-state index contributed by atoms with van der Waals surface area (Å²) in [7, 11) is 0. The molecule has 2 nitrogen and oxygen atoms in total. The standard InChI is InChI=1S/C72H58N2/c1-71(2,3)54-35-43-67-62(45-54)63-46-55(72(4,5)6)36-44-68(63)74(67)66-42-34-53-31-39-60-65(41-33-52-32-40-61(66)70(53)69(52)60)73(56-37-29-50(30-38-56)49-27-25-48(26-28-49)47-17-9-7-10-18-47)64-24-16-15-23-59(64)58-22-14-13-21-57(58)51-19-11-8-12-20-51/h7-46H,1-6H3. The first kappa shape index (κ1) is 45.2. The minimum Gasteiger partial charge on any atom is -0.309 e. The van der Waals surface area contributed by atoms with E-state index in [2.05, 4.69) is 294 Å². The van der Waals surface area contributed by atoms with Gasteiger partial charge in [-0.2, -0.15) is 0 Å². The van der Waals surface area contributed by atoms with Crippen LogP contribution >= 0.6 is 0 Å². The third-order valence-electron chi connectivity index (χ3n) is 15.5. The Morgan fingerprint density at radius 1 is 0.311 bits per heavy atom. The van der Waals surface area contributed by atoms with Crippen LogP contribution in [-0.2, 0) is 10.8 Å². The average Bonchev–Trinajstić information content (AvgIpc) is 3.76. The average molecular weight is 951 g/mol. The highest BCUT2D eigenvalue weighted by Gasteiger charge is 2.25. The predicted octanol–water partition coefficient (Wildman–Crippen LogP) is 20.4. The molecule has 0 aliphatic rings. The summed E-state index contributed by atoms with van der Waals surface area (Å²) in [6.45, 7) is 13.9. The lowest BCUT2D eigenvalue weighted by atomic mass is 9.85. The van der Waals surface area contributed by atoms with Crippen LogP contribution in [0.15, 0.2) is 243 Å². The van der Waals surface area contributed by atoms with Crippen LogP contribution in [0.2, 0.25) is 0 Å². The molecule has 74 heavy (non-hydrogen) atoms. The Hall–Kier alpha value is -8.72. The van der Waals surface area contributed by atoms with Gasteiger partial charge in [-0.1, -0.05) is 230 Å². The number of para-hydroxylation sites is 1. The van der Waals surface area contributed by atoms with E-state index in [0.717, 1.165) is 22.6 Å². The van der Waals surface area contributed by atoms with Crippen molar-refractivity contribution in [1.29, 1.82) is 0 Å². The molecular formula is C72H58N2. The van der Waals surface area contributed by atoms with Crippen molar-refractivity contribution in [2.45, 2.75) is 52.4 Å². The van der Waals surface area contributed by atoms with Crippen molar-refractivity contribution in [3.63, 3.8) is 0 Å². The van der Waals surface area contributed by atoms with Crippen molar-refractivity contribution in [3.8, 4) is 50.2 Å². The molecule has 2 heteroatoms. The molecule has 0 aliphatic carbocycles. The predicted molar refractivity (Wildman–Crippen MR) is 318 cm³/mol. The van der Waals surface area contributed by atoms with E-state index in [4.69, 9.17) is 0 Å². The first-order chi connectivity index (χ1) is 36.0. The number of nitrogens with zero attached hydrogens (tertiary/aromatic N) is 2. The summed E-state index contributed by atoms with van der Waals surface area (Å²) in [5.74, 6) is 0. The van der Waals surface area contributed by atoms with Gasteiger partial charge >= 0.3 is 0 Å². The molecule has 12 aromatic carbocycles. The molecule has 0 spiro atoms. The van der Waals surface area contributed by atoms with E-state index in [0.29, 0.717) is 0 Å². The van der Waals surface area contributed by atoms with Crippen LogP contribution in [0.4, 0.5) is 17.1 Å². The molecule has 0 N–H and O–H groups in total. The van der Waals surface area contributed by atoms with Gasteiger partial charge in [-0.15, -0.1) is 0 Å². The topological polar surface area (TPSA) is 8.17 Å². The largest absolute Gasteiger partial charge is 0.309 e. The normalized spacial score (nSPS) is 12.2. The second-order valence-corrected chi connectivity index (χ2v) is 22.1. The van der Waals surface area contributed by atoms with E-state index in [1.807, 2.05) is 0 Å². The molecule has 0 aliphatic heterocycles. The number of hydrogen-bond donors (Lipinski definition) is 0. The molecule has 0 amide bonds. The van der Waals surface area contributed by atoms with E-state index < -0.39 is 0 Å².